The summed E-state index contributed by atoms with van der Waals surface area (Å²) in [5, 5.41) is 9.48. The number of nitriles is 1. The van der Waals surface area contributed by atoms with Crippen molar-refractivity contribution in [3.8, 4) is 11.8 Å². The van der Waals surface area contributed by atoms with Gasteiger partial charge < -0.3 is 15.4 Å². The van der Waals surface area contributed by atoms with Gasteiger partial charge in [-0.15, -0.1) is 0 Å². The molecule has 0 spiro atoms. The van der Waals surface area contributed by atoms with Crippen molar-refractivity contribution in [2.45, 2.75) is 65.3 Å². The van der Waals surface area contributed by atoms with E-state index in [2.05, 4.69) is 14.8 Å². The second-order valence-corrected chi connectivity index (χ2v) is 15.9. The van der Waals surface area contributed by atoms with Gasteiger partial charge >= 0.3 is 0 Å². The number of carbonyl (C=O) groups excluding carboxylic acids is 5. The molecular formula is C39H39ClFN7O6. The molecule has 3 fully saturated rings. The zero-order valence-corrected chi connectivity index (χ0v) is 31.0. The van der Waals surface area contributed by atoms with E-state index in [1.165, 1.54) is 23.2 Å². The fraction of sp³-hybridized carbons (Fsp3) is 0.410. The second-order valence-electron chi connectivity index (χ2n) is 15.5. The minimum Gasteiger partial charge on any atom is -0.489 e. The molecule has 2 saturated heterocycles. The van der Waals surface area contributed by atoms with Crippen molar-refractivity contribution in [1.29, 1.82) is 5.26 Å². The predicted octanol–water partition coefficient (Wildman–Crippen LogP) is 4.16. The second kappa shape index (κ2) is 13.5. The van der Waals surface area contributed by atoms with Crippen LogP contribution in [0, 0.1) is 28.0 Å². The van der Waals surface area contributed by atoms with Gasteiger partial charge in [0.1, 0.15) is 35.6 Å². The molecule has 13 nitrogen and oxygen atoms in total. The number of carbonyl (C=O) groups is 5. The minimum absolute atomic E-state index is 0.0737. The van der Waals surface area contributed by atoms with E-state index in [0.29, 0.717) is 61.0 Å². The molecule has 15 heteroatoms. The Morgan fingerprint density at radius 2 is 1.70 bits per heavy atom. The Kier molecular flexibility index (Phi) is 9.22. The van der Waals surface area contributed by atoms with Crippen LogP contribution in [0.2, 0.25) is 5.02 Å². The van der Waals surface area contributed by atoms with Crippen molar-refractivity contribution in [2.75, 3.05) is 31.1 Å². The van der Waals surface area contributed by atoms with E-state index in [1.807, 2.05) is 33.8 Å². The number of likely N-dealkylation sites (tertiary alicyclic amines) is 1. The average Bonchev–Trinajstić information content (AvgIpc) is 3.38. The Labute approximate surface area is 316 Å². The number of ether oxygens (including phenoxy) is 1. The highest BCUT2D eigenvalue weighted by molar-refractivity contribution is 6.31. The molecule has 1 unspecified atom stereocenters. The normalized spacial score (nSPS) is 23.6. The van der Waals surface area contributed by atoms with Crippen molar-refractivity contribution in [3.63, 3.8) is 0 Å². The number of aromatic nitrogens is 1. The number of rotatable bonds is 8. The molecule has 2 aromatic carbocycles. The Morgan fingerprint density at radius 3 is 2.31 bits per heavy atom. The van der Waals surface area contributed by atoms with Crippen LogP contribution in [0.5, 0.6) is 5.75 Å². The van der Waals surface area contributed by atoms with E-state index in [4.69, 9.17) is 22.1 Å². The van der Waals surface area contributed by atoms with Crippen molar-refractivity contribution in [3.05, 3.63) is 87.3 Å². The molecule has 1 saturated carbocycles. The lowest BCUT2D eigenvalue weighted by atomic mass is 9.48. The van der Waals surface area contributed by atoms with Crippen LogP contribution in [0.3, 0.4) is 0 Å². The molecule has 5 amide bonds. The summed E-state index contributed by atoms with van der Waals surface area (Å²) in [6.07, 6.45) is 0.789. The number of halogens is 2. The molecule has 1 aliphatic carbocycles. The molecule has 280 valence electrons. The van der Waals surface area contributed by atoms with Gasteiger partial charge in [0.05, 0.1) is 33.3 Å². The van der Waals surface area contributed by atoms with Crippen molar-refractivity contribution in [2.24, 2.45) is 16.6 Å². The zero-order chi connectivity index (χ0) is 38.9. The molecule has 7 rings (SSSR count). The summed E-state index contributed by atoms with van der Waals surface area (Å²) in [5.74, 6) is -3.06. The number of anilines is 1. The maximum absolute atomic E-state index is 15.7. The van der Waals surface area contributed by atoms with Crippen LogP contribution in [0.4, 0.5) is 10.2 Å². The van der Waals surface area contributed by atoms with Crippen LogP contribution < -0.4 is 15.4 Å². The Balaban J connectivity index is 1.05. The number of piperazine rings is 1. The summed E-state index contributed by atoms with van der Waals surface area (Å²) < 4.78 is 22.1. The lowest BCUT2D eigenvalue weighted by Crippen LogP contribution is -2.77. The molecule has 4 aliphatic rings. The Hall–Kier alpha value is -5.39. The van der Waals surface area contributed by atoms with E-state index in [1.54, 1.807) is 30.3 Å². The number of imide groups is 2. The molecule has 3 aromatic rings. The summed E-state index contributed by atoms with van der Waals surface area (Å²) >= 11 is 6.24. The summed E-state index contributed by atoms with van der Waals surface area (Å²) in [6.45, 7) is 10.3. The van der Waals surface area contributed by atoms with E-state index in [0.717, 1.165) is 4.90 Å². The highest BCUT2D eigenvalue weighted by Gasteiger charge is 2.68. The predicted molar refractivity (Wildman–Crippen MR) is 194 cm³/mol. The molecule has 1 atom stereocenters. The van der Waals surface area contributed by atoms with Crippen molar-refractivity contribution >= 4 is 47.0 Å². The lowest BCUT2D eigenvalue weighted by molar-refractivity contribution is -0.216. The van der Waals surface area contributed by atoms with Gasteiger partial charge in [-0.2, -0.15) is 5.26 Å². The first-order valence-electron chi connectivity index (χ1n) is 17.7. The van der Waals surface area contributed by atoms with E-state index in [-0.39, 0.29) is 29.0 Å². The topological polar surface area (TPSA) is 170 Å². The highest BCUT2D eigenvalue weighted by Crippen LogP contribution is 2.58. The van der Waals surface area contributed by atoms with E-state index < -0.39 is 64.4 Å². The number of hydrogen-bond donors (Lipinski definition) is 1. The molecule has 1 aromatic heterocycles. The third kappa shape index (κ3) is 6.05. The van der Waals surface area contributed by atoms with Crippen LogP contribution in [-0.2, 0) is 16.1 Å². The summed E-state index contributed by atoms with van der Waals surface area (Å²) in [7, 11) is 0. The first-order chi connectivity index (χ1) is 25.5. The monoisotopic (exact) mass is 755 g/mol. The highest BCUT2D eigenvalue weighted by atomic mass is 35.5. The maximum Gasteiger partial charge on any atom is 0.265 e. The smallest absolute Gasteiger partial charge is 0.265 e. The van der Waals surface area contributed by atoms with Crippen molar-refractivity contribution in [1.82, 2.24) is 19.7 Å². The summed E-state index contributed by atoms with van der Waals surface area (Å²) in [5.41, 5.74) is 4.42. The van der Waals surface area contributed by atoms with Crippen LogP contribution in [0.1, 0.15) is 82.7 Å². The van der Waals surface area contributed by atoms with Gasteiger partial charge in [0.2, 0.25) is 11.8 Å². The number of nitrogens with zero attached hydrogens (tertiary/aromatic N) is 6. The first-order valence-corrected chi connectivity index (χ1v) is 18.1. The standard InChI is InChI=1S/C39H39ClFN7O6/c1-38(2)36(39(3,4)37(38)54-24-7-5-22(18-42)26(40)17-24)48-30(49)10-8-28(34(48)52)47-33(51)25-15-21(16-27(41)31(25)35(47)53)20-45-11-13-46(14-12-45)29-9-6-23(19-44-29)32(43)50/h5-7,9,15-17,19,28,36-37H,8,10-14,20H2,1-4H3,(H2,43,50). The fourth-order valence-corrected chi connectivity index (χ4v) is 9.26. The number of nitrogens with two attached hydrogens (primary N) is 1. The van der Waals surface area contributed by atoms with Gasteiger partial charge in [0.15, 0.2) is 0 Å². The molecule has 0 bridgehead atoms. The van der Waals surface area contributed by atoms with Crippen LogP contribution in [-0.4, -0.2) is 93.6 Å². The van der Waals surface area contributed by atoms with E-state index >= 15 is 4.39 Å². The number of pyridine rings is 1. The van der Waals surface area contributed by atoms with Gasteiger partial charge in [-0.05, 0) is 48.4 Å². The molecule has 0 radical (unpaired) electrons. The minimum atomic E-state index is -1.29. The van der Waals surface area contributed by atoms with Crippen LogP contribution >= 0.6 is 11.6 Å². The number of fused-ring (bicyclic) bond motifs is 1. The number of primary amides is 1. The summed E-state index contributed by atoms with van der Waals surface area (Å²) in [6, 6.07) is 10.9. The number of benzene rings is 2. The molecule has 2 N–H and O–H groups in total. The van der Waals surface area contributed by atoms with Gasteiger partial charge in [0, 0.05) is 62.2 Å². The number of hydrogen-bond acceptors (Lipinski definition) is 10. The summed E-state index contributed by atoms with van der Waals surface area (Å²) in [4.78, 5) is 77.3. The van der Waals surface area contributed by atoms with Gasteiger partial charge in [-0.25, -0.2) is 9.37 Å². The number of piperidine rings is 1. The van der Waals surface area contributed by atoms with Gasteiger partial charge in [-0.1, -0.05) is 39.3 Å². The molecule has 3 aliphatic heterocycles. The number of amides is 5. The average molecular weight is 756 g/mol. The molecule has 54 heavy (non-hydrogen) atoms. The maximum atomic E-state index is 15.7. The van der Waals surface area contributed by atoms with Crippen LogP contribution in [0.25, 0.3) is 0 Å². The van der Waals surface area contributed by atoms with E-state index in [9.17, 15) is 29.2 Å². The van der Waals surface area contributed by atoms with Gasteiger partial charge in [0.25, 0.3) is 17.7 Å². The third-order valence-corrected chi connectivity index (χ3v) is 11.5. The quantitative estimate of drug-likeness (QED) is 0.330. The Morgan fingerprint density at radius 1 is 1.00 bits per heavy atom. The van der Waals surface area contributed by atoms with Crippen molar-refractivity contribution < 1.29 is 33.1 Å². The molecular weight excluding hydrogens is 717 g/mol. The zero-order valence-electron chi connectivity index (χ0n) is 30.3. The largest absolute Gasteiger partial charge is 0.489 e. The Bertz CT molecular complexity index is 2130. The first kappa shape index (κ1) is 36.9. The van der Waals surface area contributed by atoms with Crippen LogP contribution in [0.15, 0.2) is 48.7 Å². The lowest BCUT2D eigenvalue weighted by Gasteiger charge is -2.65. The third-order valence-electron chi connectivity index (χ3n) is 11.2. The fourth-order valence-electron chi connectivity index (χ4n) is 9.05. The molecule has 4 heterocycles. The SMILES string of the molecule is CC1(C)C(Oc2ccc(C#N)c(Cl)c2)C(C)(C)C1N1C(=O)CCC(N2C(=O)c3cc(CN4CCN(c5ccc(C(N)=O)cn5)CC4)cc(F)c3C2=O)C1=O. The van der Waals surface area contributed by atoms with Gasteiger partial charge in [-0.3, -0.25) is 38.7 Å².